The predicted molar refractivity (Wildman–Crippen MR) is 105 cm³/mol. The van der Waals surface area contributed by atoms with Crippen LogP contribution in [0.3, 0.4) is 0 Å². The molecule has 2 unspecified atom stereocenters. The van der Waals surface area contributed by atoms with E-state index in [-0.39, 0.29) is 11.2 Å². The molecule has 0 spiro atoms. The monoisotopic (exact) mass is 436 g/mol. The maximum absolute atomic E-state index is 12.4. The summed E-state index contributed by atoms with van der Waals surface area (Å²) in [5.74, 6) is -2.23. The van der Waals surface area contributed by atoms with E-state index < -0.39 is 32.7 Å². The third kappa shape index (κ3) is 4.29. The van der Waals surface area contributed by atoms with Gasteiger partial charge in [0.15, 0.2) is 0 Å². The van der Waals surface area contributed by atoms with Crippen LogP contribution in [0.2, 0.25) is 5.32 Å². The van der Waals surface area contributed by atoms with Crippen LogP contribution in [0.25, 0.3) is 0 Å². The van der Waals surface area contributed by atoms with Gasteiger partial charge in [0.2, 0.25) is 0 Å². The standard InChI is InChI=1S/C21H16N4O2Se/c22-11-16-19(14-7-3-1-4-8-14)17(12-23)21(25-20(16)27)28-13-18(26)24-15-9-5-2-6-10-15/h1-10,16,19H,13H2,(H,24,26)(H,25,27). The number of benzene rings is 2. The number of carbonyl (C=O) groups excluding carboxylic acids is 2. The summed E-state index contributed by atoms with van der Waals surface area (Å²) < 4.78 is 0.462. The number of nitrogens with one attached hydrogen (secondary N) is 2. The quantitative estimate of drug-likeness (QED) is 0.704. The molecule has 6 nitrogen and oxygen atoms in total. The Morgan fingerprint density at radius 2 is 1.71 bits per heavy atom. The number of rotatable bonds is 5. The Bertz CT molecular complexity index is 991. The summed E-state index contributed by atoms with van der Waals surface area (Å²) in [6.07, 6.45) is 0. The van der Waals surface area contributed by atoms with Crippen LogP contribution in [-0.4, -0.2) is 26.8 Å². The summed E-state index contributed by atoms with van der Waals surface area (Å²) >= 11 is -0.451. The molecular formula is C21H16N4O2Se. The fourth-order valence-corrected chi connectivity index (χ4v) is 4.74. The maximum atomic E-state index is 12.4. The Hall–Kier alpha value is -3.38. The number of nitrogens with zero attached hydrogens (tertiary/aromatic N) is 2. The molecule has 3 rings (SSSR count). The third-order valence-corrected chi connectivity index (χ3v) is 6.37. The second-order valence-corrected chi connectivity index (χ2v) is 8.11. The average molecular weight is 435 g/mol. The molecule has 0 aromatic heterocycles. The van der Waals surface area contributed by atoms with Crippen LogP contribution < -0.4 is 10.6 Å². The van der Waals surface area contributed by atoms with Gasteiger partial charge in [0.1, 0.15) is 0 Å². The van der Waals surface area contributed by atoms with Gasteiger partial charge in [-0.2, -0.15) is 0 Å². The topological polar surface area (TPSA) is 106 Å². The Labute approximate surface area is 169 Å². The van der Waals surface area contributed by atoms with Gasteiger partial charge in [0.25, 0.3) is 0 Å². The fraction of sp³-hybridized carbons (Fsp3) is 0.143. The van der Waals surface area contributed by atoms with Gasteiger partial charge in [-0.05, 0) is 0 Å². The van der Waals surface area contributed by atoms with Crippen molar-refractivity contribution in [1.29, 1.82) is 10.5 Å². The Morgan fingerprint density at radius 1 is 1.07 bits per heavy atom. The van der Waals surface area contributed by atoms with Gasteiger partial charge in [-0.15, -0.1) is 0 Å². The molecule has 7 heteroatoms. The van der Waals surface area contributed by atoms with Crippen molar-refractivity contribution in [2.24, 2.45) is 5.92 Å². The molecule has 2 amide bonds. The van der Waals surface area contributed by atoms with E-state index in [1.165, 1.54) is 0 Å². The molecule has 2 atom stereocenters. The summed E-state index contributed by atoms with van der Waals surface area (Å²) in [5, 5.41) is 24.9. The molecule has 1 aliphatic rings. The normalized spacial score (nSPS) is 18.6. The first kappa shape index (κ1) is 19.4. The van der Waals surface area contributed by atoms with Crippen molar-refractivity contribution >= 4 is 32.5 Å². The van der Waals surface area contributed by atoms with Crippen LogP contribution in [0.15, 0.2) is 70.8 Å². The van der Waals surface area contributed by atoms with E-state index in [1.54, 1.807) is 24.3 Å². The van der Waals surface area contributed by atoms with E-state index in [0.717, 1.165) is 5.56 Å². The first-order valence-corrected chi connectivity index (χ1v) is 10.6. The summed E-state index contributed by atoms with van der Waals surface area (Å²) in [4.78, 5) is 24.7. The SMILES string of the molecule is N#CC1=C([Se]CC(=O)Nc2ccccc2)NC(=O)C(C#N)C1c1ccccc1. The Kier molecular flexibility index (Phi) is 6.24. The van der Waals surface area contributed by atoms with Gasteiger partial charge < -0.3 is 0 Å². The zero-order valence-electron chi connectivity index (χ0n) is 14.8. The molecule has 0 saturated carbocycles. The number of amides is 2. The molecule has 138 valence electrons. The number of para-hydroxylation sites is 1. The van der Waals surface area contributed by atoms with Gasteiger partial charge in [0.05, 0.1) is 0 Å². The predicted octanol–water partition coefficient (Wildman–Crippen LogP) is 2.54. The van der Waals surface area contributed by atoms with Crippen molar-refractivity contribution < 1.29 is 9.59 Å². The number of nitriles is 2. The van der Waals surface area contributed by atoms with E-state index >= 15 is 0 Å². The minimum atomic E-state index is -0.977. The molecule has 2 aromatic carbocycles. The average Bonchev–Trinajstić information content (AvgIpc) is 2.73. The second-order valence-electron chi connectivity index (χ2n) is 6.04. The van der Waals surface area contributed by atoms with Crippen molar-refractivity contribution in [3.63, 3.8) is 0 Å². The van der Waals surface area contributed by atoms with E-state index in [4.69, 9.17) is 0 Å². The van der Waals surface area contributed by atoms with Gasteiger partial charge in [0, 0.05) is 0 Å². The zero-order chi connectivity index (χ0) is 19.9. The molecule has 0 saturated heterocycles. The number of anilines is 1. The summed E-state index contributed by atoms with van der Waals surface area (Å²) in [5.41, 5.74) is 1.78. The molecule has 1 aliphatic heterocycles. The van der Waals surface area contributed by atoms with Gasteiger partial charge >= 0.3 is 169 Å². The molecule has 0 radical (unpaired) electrons. The van der Waals surface area contributed by atoms with Gasteiger partial charge in [-0.1, -0.05) is 0 Å². The molecule has 2 N–H and O–H groups in total. The van der Waals surface area contributed by atoms with Crippen LogP contribution >= 0.6 is 0 Å². The van der Waals surface area contributed by atoms with Crippen molar-refractivity contribution in [3.8, 4) is 12.1 Å². The molecule has 2 aromatic rings. The van der Waals surface area contributed by atoms with Gasteiger partial charge in [-0.25, -0.2) is 0 Å². The Morgan fingerprint density at radius 3 is 2.32 bits per heavy atom. The number of carbonyl (C=O) groups is 2. The molecular weight excluding hydrogens is 419 g/mol. The summed E-state index contributed by atoms with van der Waals surface area (Å²) in [7, 11) is 0. The third-order valence-electron chi connectivity index (χ3n) is 4.23. The number of allylic oxidation sites excluding steroid dienone is 1. The molecule has 1 heterocycles. The van der Waals surface area contributed by atoms with E-state index in [1.807, 2.05) is 42.5 Å². The zero-order valence-corrected chi connectivity index (χ0v) is 16.5. The van der Waals surface area contributed by atoms with Crippen LogP contribution in [0.5, 0.6) is 0 Å². The minimum absolute atomic E-state index is 0.168. The van der Waals surface area contributed by atoms with Crippen molar-refractivity contribution in [2.75, 3.05) is 5.32 Å². The molecule has 0 aliphatic carbocycles. The van der Waals surface area contributed by atoms with Crippen LogP contribution in [0.4, 0.5) is 5.69 Å². The van der Waals surface area contributed by atoms with E-state index in [2.05, 4.69) is 16.7 Å². The van der Waals surface area contributed by atoms with Crippen LogP contribution in [0.1, 0.15) is 11.5 Å². The van der Waals surface area contributed by atoms with Crippen molar-refractivity contribution in [1.82, 2.24) is 5.32 Å². The van der Waals surface area contributed by atoms with Crippen molar-refractivity contribution in [2.45, 2.75) is 11.2 Å². The molecule has 0 bridgehead atoms. The summed E-state index contributed by atoms with van der Waals surface area (Å²) in [6.45, 7) is 0. The van der Waals surface area contributed by atoms with E-state index in [9.17, 15) is 20.1 Å². The number of hydrogen-bond acceptors (Lipinski definition) is 4. The molecule has 0 fully saturated rings. The van der Waals surface area contributed by atoms with Crippen LogP contribution in [0, 0.1) is 28.6 Å². The molecule has 28 heavy (non-hydrogen) atoms. The van der Waals surface area contributed by atoms with E-state index in [0.29, 0.717) is 15.9 Å². The van der Waals surface area contributed by atoms with Crippen molar-refractivity contribution in [3.05, 3.63) is 76.4 Å². The summed E-state index contributed by atoms with van der Waals surface area (Å²) in [6, 6.07) is 22.3. The van der Waals surface area contributed by atoms with Gasteiger partial charge in [-0.3, -0.25) is 0 Å². The first-order chi connectivity index (χ1) is 13.6. The fourth-order valence-electron chi connectivity index (χ4n) is 2.96. The van der Waals surface area contributed by atoms with Crippen LogP contribution in [-0.2, 0) is 9.59 Å². The second kappa shape index (κ2) is 9.01. The number of hydrogen-bond donors (Lipinski definition) is 2. The Balaban J connectivity index is 1.83. The first-order valence-electron chi connectivity index (χ1n) is 8.51.